The van der Waals surface area contributed by atoms with Gasteiger partial charge in [0.1, 0.15) is 11.3 Å². The molecule has 3 N–H and O–H groups in total. The number of carbonyl (C=O) groups excluding carboxylic acids is 2. The van der Waals surface area contributed by atoms with Crippen LogP contribution in [0.3, 0.4) is 0 Å². The number of aryl methyl sites for hydroxylation is 2. The van der Waals surface area contributed by atoms with Crippen molar-refractivity contribution in [2.75, 3.05) is 19.0 Å². The summed E-state index contributed by atoms with van der Waals surface area (Å²) in [6.07, 6.45) is 0.888. The summed E-state index contributed by atoms with van der Waals surface area (Å²) in [7, 11) is 1.35. The third kappa shape index (κ3) is 6.14. The number of rotatable bonds is 8. The first-order valence-electron chi connectivity index (χ1n) is 8.42. The van der Waals surface area contributed by atoms with Crippen molar-refractivity contribution < 1.29 is 24.2 Å². The highest BCUT2D eigenvalue weighted by Gasteiger charge is 2.13. The number of methoxy groups -OCH3 is 1. The van der Waals surface area contributed by atoms with Crippen LogP contribution in [0, 0.1) is 6.92 Å². The van der Waals surface area contributed by atoms with E-state index >= 15 is 0 Å². The van der Waals surface area contributed by atoms with Crippen LogP contribution in [0.1, 0.15) is 27.9 Å². The number of nitrogens with one attached hydrogen (secondary N) is 2. The number of carboxylic acid groups (broad SMARTS) is 1. The number of carboxylic acids is 1. The van der Waals surface area contributed by atoms with Crippen molar-refractivity contribution in [1.82, 2.24) is 5.32 Å². The zero-order chi connectivity index (χ0) is 19.8. The lowest BCUT2D eigenvalue weighted by atomic mass is 10.1. The van der Waals surface area contributed by atoms with Crippen molar-refractivity contribution in [3.8, 4) is 5.75 Å². The van der Waals surface area contributed by atoms with E-state index in [2.05, 4.69) is 10.6 Å². The van der Waals surface area contributed by atoms with Gasteiger partial charge < -0.3 is 20.5 Å². The number of anilines is 1. The predicted molar refractivity (Wildman–Crippen MR) is 101 cm³/mol. The minimum Gasteiger partial charge on any atom is -0.496 e. The number of hydrogen-bond donors (Lipinski definition) is 3. The highest BCUT2D eigenvalue weighted by Crippen LogP contribution is 2.23. The molecule has 0 spiro atoms. The summed E-state index contributed by atoms with van der Waals surface area (Å²) >= 11 is 0. The third-order valence-electron chi connectivity index (χ3n) is 3.92. The summed E-state index contributed by atoms with van der Waals surface area (Å²) in [5, 5.41) is 14.2. The molecule has 0 saturated carbocycles. The molecule has 0 aliphatic rings. The third-order valence-corrected chi connectivity index (χ3v) is 3.92. The second-order valence-electron chi connectivity index (χ2n) is 6.03. The molecule has 0 radical (unpaired) electrons. The Morgan fingerprint density at radius 2 is 1.74 bits per heavy atom. The van der Waals surface area contributed by atoms with Crippen LogP contribution in [0.2, 0.25) is 0 Å². The smallest absolute Gasteiger partial charge is 0.339 e. The van der Waals surface area contributed by atoms with Crippen LogP contribution in [0.15, 0.2) is 42.5 Å². The van der Waals surface area contributed by atoms with Gasteiger partial charge in [-0.2, -0.15) is 0 Å². The fraction of sp³-hybridized carbons (Fsp3) is 0.250. The normalized spacial score (nSPS) is 10.1. The van der Waals surface area contributed by atoms with Crippen LogP contribution in [-0.2, 0) is 16.0 Å². The Hall–Kier alpha value is -3.35. The van der Waals surface area contributed by atoms with Crippen molar-refractivity contribution in [3.63, 3.8) is 0 Å². The summed E-state index contributed by atoms with van der Waals surface area (Å²) < 4.78 is 5.01. The zero-order valence-electron chi connectivity index (χ0n) is 15.2. The summed E-state index contributed by atoms with van der Waals surface area (Å²) in [6, 6.07) is 12.2. The fourth-order valence-corrected chi connectivity index (χ4v) is 2.43. The van der Waals surface area contributed by atoms with Gasteiger partial charge in [0, 0.05) is 18.2 Å². The van der Waals surface area contributed by atoms with Crippen molar-refractivity contribution >= 4 is 23.5 Å². The van der Waals surface area contributed by atoms with E-state index in [0.717, 1.165) is 11.1 Å². The lowest BCUT2D eigenvalue weighted by Gasteiger charge is -2.10. The number of hydrogen-bond acceptors (Lipinski definition) is 4. The standard InChI is InChI=1S/C20H22N2O5/c1-13-3-5-14(6-4-13)7-10-18(23)21-12-19(24)22-15-8-9-16(20(25)26)17(11-15)27-2/h3-6,8-9,11H,7,10,12H2,1-2H3,(H,21,23)(H,22,24)(H,25,26). The quantitative estimate of drug-likeness (QED) is 0.662. The van der Waals surface area contributed by atoms with E-state index in [4.69, 9.17) is 9.84 Å². The van der Waals surface area contributed by atoms with Gasteiger partial charge in [-0.25, -0.2) is 4.79 Å². The molecule has 0 unspecified atom stereocenters. The topological polar surface area (TPSA) is 105 Å². The Balaban J connectivity index is 1.80. The molecular formula is C20H22N2O5. The molecule has 2 amide bonds. The Labute approximate surface area is 157 Å². The Kier molecular flexibility index (Phi) is 6.93. The minimum absolute atomic E-state index is 0.0000857. The largest absolute Gasteiger partial charge is 0.496 e. The van der Waals surface area contributed by atoms with Crippen LogP contribution >= 0.6 is 0 Å². The van der Waals surface area contributed by atoms with Crippen molar-refractivity contribution in [2.24, 2.45) is 0 Å². The Morgan fingerprint density at radius 3 is 2.37 bits per heavy atom. The van der Waals surface area contributed by atoms with Crippen molar-refractivity contribution in [2.45, 2.75) is 19.8 Å². The van der Waals surface area contributed by atoms with E-state index in [1.165, 1.54) is 25.3 Å². The second-order valence-corrected chi connectivity index (χ2v) is 6.03. The molecule has 0 heterocycles. The molecular weight excluding hydrogens is 348 g/mol. The summed E-state index contributed by atoms with van der Waals surface area (Å²) in [6.45, 7) is 1.83. The van der Waals surface area contributed by atoms with Crippen molar-refractivity contribution in [3.05, 3.63) is 59.2 Å². The molecule has 2 rings (SSSR count). The monoisotopic (exact) mass is 370 g/mol. The zero-order valence-corrected chi connectivity index (χ0v) is 15.2. The molecule has 0 aliphatic carbocycles. The first-order chi connectivity index (χ1) is 12.9. The van der Waals surface area contributed by atoms with Gasteiger partial charge in [0.05, 0.1) is 13.7 Å². The summed E-state index contributed by atoms with van der Waals surface area (Å²) in [5.74, 6) is -1.61. The maximum Gasteiger partial charge on any atom is 0.339 e. The van der Waals surface area contributed by atoms with Crippen LogP contribution in [0.5, 0.6) is 5.75 Å². The molecule has 2 aromatic carbocycles. The molecule has 0 atom stereocenters. The Bertz CT molecular complexity index is 831. The van der Waals surface area contributed by atoms with Crippen LogP contribution in [0.25, 0.3) is 0 Å². The van der Waals surface area contributed by atoms with Gasteiger partial charge in [0.25, 0.3) is 0 Å². The fourth-order valence-electron chi connectivity index (χ4n) is 2.43. The average Bonchev–Trinajstić information content (AvgIpc) is 2.65. The molecule has 7 heteroatoms. The van der Waals surface area contributed by atoms with Gasteiger partial charge in [0.2, 0.25) is 11.8 Å². The Morgan fingerprint density at radius 1 is 1.04 bits per heavy atom. The maximum atomic E-state index is 12.0. The number of amides is 2. The molecule has 0 aliphatic heterocycles. The molecule has 0 aromatic heterocycles. The summed E-state index contributed by atoms with van der Waals surface area (Å²) in [4.78, 5) is 34.9. The summed E-state index contributed by atoms with van der Waals surface area (Å²) in [5.41, 5.74) is 2.61. The van der Waals surface area contributed by atoms with Gasteiger partial charge in [-0.3, -0.25) is 9.59 Å². The van der Waals surface area contributed by atoms with Gasteiger partial charge in [-0.05, 0) is 31.0 Å². The lowest BCUT2D eigenvalue weighted by molar-refractivity contribution is -0.124. The average molecular weight is 370 g/mol. The van der Waals surface area contributed by atoms with E-state index in [-0.39, 0.29) is 30.2 Å². The van der Waals surface area contributed by atoms with Crippen LogP contribution < -0.4 is 15.4 Å². The highest BCUT2D eigenvalue weighted by molar-refractivity contribution is 5.96. The molecule has 142 valence electrons. The first kappa shape index (κ1) is 20.0. The molecule has 2 aromatic rings. The minimum atomic E-state index is -1.12. The predicted octanol–water partition coefficient (Wildman–Crippen LogP) is 2.39. The number of carbonyl (C=O) groups is 3. The van der Waals surface area contributed by atoms with Crippen LogP contribution in [0.4, 0.5) is 5.69 Å². The van der Waals surface area contributed by atoms with E-state index in [1.807, 2.05) is 31.2 Å². The maximum absolute atomic E-state index is 12.0. The molecule has 0 saturated heterocycles. The molecule has 0 fully saturated rings. The second kappa shape index (κ2) is 9.38. The van der Waals surface area contributed by atoms with E-state index in [9.17, 15) is 14.4 Å². The lowest BCUT2D eigenvalue weighted by Crippen LogP contribution is -2.33. The van der Waals surface area contributed by atoms with E-state index < -0.39 is 11.9 Å². The van der Waals surface area contributed by atoms with Crippen molar-refractivity contribution in [1.29, 1.82) is 0 Å². The number of benzene rings is 2. The first-order valence-corrected chi connectivity index (χ1v) is 8.42. The van der Waals surface area contributed by atoms with Gasteiger partial charge >= 0.3 is 5.97 Å². The highest BCUT2D eigenvalue weighted by atomic mass is 16.5. The number of aromatic carboxylic acids is 1. The van der Waals surface area contributed by atoms with Gasteiger partial charge in [-0.1, -0.05) is 29.8 Å². The molecule has 7 nitrogen and oxygen atoms in total. The van der Waals surface area contributed by atoms with Gasteiger partial charge in [0.15, 0.2) is 0 Å². The van der Waals surface area contributed by atoms with E-state index in [0.29, 0.717) is 12.1 Å². The molecule has 0 bridgehead atoms. The molecule has 27 heavy (non-hydrogen) atoms. The number of ether oxygens (including phenoxy) is 1. The van der Waals surface area contributed by atoms with Crippen LogP contribution in [-0.4, -0.2) is 36.5 Å². The van der Waals surface area contributed by atoms with E-state index in [1.54, 1.807) is 0 Å². The SMILES string of the molecule is COc1cc(NC(=O)CNC(=O)CCc2ccc(C)cc2)ccc1C(=O)O. The van der Waals surface area contributed by atoms with Gasteiger partial charge in [-0.15, -0.1) is 0 Å².